The smallest absolute Gasteiger partial charge is 0.254 e. The van der Waals surface area contributed by atoms with Crippen LogP contribution in [0, 0.1) is 11.2 Å². The van der Waals surface area contributed by atoms with E-state index in [1.807, 2.05) is 6.92 Å². The standard InChI is InChI=1S/C13H16BrFN2O3S/c1-2-13(3-4-13)7-17-12(18)8-5-11(21(16,19)20)9(14)6-10(8)15/h5-6H,2-4,7H2,1H3,(H,17,18)(H2,16,19,20). The van der Waals surface area contributed by atoms with Crippen LogP contribution < -0.4 is 10.5 Å². The number of rotatable bonds is 5. The number of nitrogens with two attached hydrogens (primary N) is 1. The molecule has 1 saturated carbocycles. The van der Waals surface area contributed by atoms with Crippen LogP contribution in [-0.2, 0) is 10.0 Å². The Labute approximate surface area is 131 Å². The molecule has 21 heavy (non-hydrogen) atoms. The third kappa shape index (κ3) is 3.61. The van der Waals surface area contributed by atoms with E-state index in [0.29, 0.717) is 6.54 Å². The summed E-state index contributed by atoms with van der Waals surface area (Å²) in [6.07, 6.45) is 3.02. The molecular formula is C13H16BrFN2O3S. The normalized spacial score (nSPS) is 16.6. The average Bonchev–Trinajstić information content (AvgIpc) is 3.15. The molecule has 0 aliphatic heterocycles. The molecule has 1 aromatic carbocycles. The summed E-state index contributed by atoms with van der Waals surface area (Å²) in [4.78, 5) is 11.7. The monoisotopic (exact) mass is 378 g/mol. The fourth-order valence-corrected chi connectivity index (χ4v) is 3.72. The molecule has 5 nitrogen and oxygen atoms in total. The van der Waals surface area contributed by atoms with E-state index in [-0.39, 0.29) is 20.3 Å². The number of amides is 1. The van der Waals surface area contributed by atoms with Crippen molar-refractivity contribution in [3.8, 4) is 0 Å². The lowest BCUT2D eigenvalue weighted by atomic mass is 10.0. The van der Waals surface area contributed by atoms with Gasteiger partial charge in [0, 0.05) is 11.0 Å². The van der Waals surface area contributed by atoms with E-state index in [0.717, 1.165) is 31.4 Å². The molecule has 0 atom stereocenters. The van der Waals surface area contributed by atoms with E-state index >= 15 is 0 Å². The third-order valence-electron chi connectivity index (χ3n) is 3.90. The van der Waals surface area contributed by atoms with E-state index in [4.69, 9.17) is 5.14 Å². The summed E-state index contributed by atoms with van der Waals surface area (Å²) in [6, 6.07) is 1.89. The molecule has 1 aliphatic rings. The number of hydrogen-bond acceptors (Lipinski definition) is 3. The van der Waals surface area contributed by atoms with Crippen LogP contribution in [0.1, 0.15) is 36.5 Å². The molecule has 2 rings (SSSR count). The lowest BCUT2D eigenvalue weighted by molar-refractivity contribution is 0.0940. The van der Waals surface area contributed by atoms with Gasteiger partial charge in [0.25, 0.3) is 5.91 Å². The van der Waals surface area contributed by atoms with Gasteiger partial charge in [0.2, 0.25) is 10.0 Å². The summed E-state index contributed by atoms with van der Waals surface area (Å²) in [5.41, 5.74) is -0.210. The van der Waals surface area contributed by atoms with Gasteiger partial charge in [-0.15, -0.1) is 0 Å². The Morgan fingerprint density at radius 2 is 2.10 bits per heavy atom. The third-order valence-corrected chi connectivity index (χ3v) is 5.77. The number of hydrogen-bond donors (Lipinski definition) is 2. The number of halogens is 2. The summed E-state index contributed by atoms with van der Waals surface area (Å²) in [5, 5.41) is 7.70. The van der Waals surface area contributed by atoms with Crippen molar-refractivity contribution in [3.05, 3.63) is 28.0 Å². The second-order valence-corrected chi connectivity index (χ2v) is 7.73. The molecule has 8 heteroatoms. The zero-order valence-corrected chi connectivity index (χ0v) is 13.9. The van der Waals surface area contributed by atoms with Crippen molar-refractivity contribution in [2.75, 3.05) is 6.54 Å². The van der Waals surface area contributed by atoms with Gasteiger partial charge in [-0.3, -0.25) is 4.79 Å². The van der Waals surface area contributed by atoms with Crippen molar-refractivity contribution in [1.82, 2.24) is 5.32 Å². The first kappa shape index (κ1) is 16.4. The summed E-state index contributed by atoms with van der Waals surface area (Å²) < 4.78 is 36.7. The molecular weight excluding hydrogens is 363 g/mol. The van der Waals surface area contributed by atoms with E-state index in [9.17, 15) is 17.6 Å². The van der Waals surface area contributed by atoms with Crippen LogP contribution in [0.3, 0.4) is 0 Å². The van der Waals surface area contributed by atoms with Crippen molar-refractivity contribution < 1.29 is 17.6 Å². The molecule has 0 unspecified atom stereocenters. The van der Waals surface area contributed by atoms with Crippen molar-refractivity contribution in [1.29, 1.82) is 0 Å². The molecule has 0 radical (unpaired) electrons. The van der Waals surface area contributed by atoms with E-state index in [1.54, 1.807) is 0 Å². The van der Waals surface area contributed by atoms with Crippen LogP contribution in [0.5, 0.6) is 0 Å². The molecule has 0 saturated heterocycles. The minimum absolute atomic E-state index is 0.00808. The van der Waals surface area contributed by atoms with Gasteiger partial charge in [0.05, 0.1) is 10.5 Å². The second-order valence-electron chi connectivity index (χ2n) is 5.34. The second kappa shape index (κ2) is 5.66. The van der Waals surface area contributed by atoms with Crippen molar-refractivity contribution in [2.24, 2.45) is 10.6 Å². The first-order valence-electron chi connectivity index (χ1n) is 6.48. The number of nitrogens with one attached hydrogen (secondary N) is 1. The molecule has 116 valence electrons. The van der Waals surface area contributed by atoms with E-state index < -0.39 is 21.7 Å². The van der Waals surface area contributed by atoms with E-state index in [1.165, 1.54) is 0 Å². The molecule has 1 fully saturated rings. The summed E-state index contributed by atoms with van der Waals surface area (Å²) in [5.74, 6) is -1.43. The maximum absolute atomic E-state index is 13.9. The fourth-order valence-electron chi connectivity index (χ4n) is 2.12. The van der Waals surface area contributed by atoms with Gasteiger partial charge < -0.3 is 5.32 Å². The van der Waals surface area contributed by atoms with Crippen molar-refractivity contribution in [2.45, 2.75) is 31.1 Å². The Balaban J connectivity index is 2.24. The Morgan fingerprint density at radius 3 is 2.57 bits per heavy atom. The molecule has 0 heterocycles. The minimum Gasteiger partial charge on any atom is -0.351 e. The zero-order chi connectivity index (χ0) is 15.8. The van der Waals surface area contributed by atoms with E-state index in [2.05, 4.69) is 21.2 Å². The molecule has 1 aromatic rings. The van der Waals surface area contributed by atoms with Gasteiger partial charge in [-0.25, -0.2) is 17.9 Å². The highest BCUT2D eigenvalue weighted by Gasteiger charge is 2.40. The maximum Gasteiger partial charge on any atom is 0.254 e. The highest BCUT2D eigenvalue weighted by Crippen LogP contribution is 2.47. The van der Waals surface area contributed by atoms with Gasteiger partial charge in [-0.05, 0) is 52.7 Å². The molecule has 1 aliphatic carbocycles. The van der Waals surface area contributed by atoms with Crippen LogP contribution in [0.4, 0.5) is 4.39 Å². The summed E-state index contributed by atoms with van der Waals surface area (Å²) >= 11 is 2.93. The lowest BCUT2D eigenvalue weighted by Gasteiger charge is -2.14. The number of carbonyl (C=O) groups is 1. The molecule has 0 aromatic heterocycles. The Bertz CT molecular complexity index is 687. The van der Waals surface area contributed by atoms with Crippen molar-refractivity contribution >= 4 is 31.9 Å². The summed E-state index contributed by atoms with van der Waals surface area (Å²) in [7, 11) is -4.04. The van der Waals surface area contributed by atoms with Crippen LogP contribution in [0.15, 0.2) is 21.5 Å². The Morgan fingerprint density at radius 1 is 1.48 bits per heavy atom. The van der Waals surface area contributed by atoms with Crippen LogP contribution in [0.25, 0.3) is 0 Å². The maximum atomic E-state index is 13.9. The van der Waals surface area contributed by atoms with Crippen molar-refractivity contribution in [3.63, 3.8) is 0 Å². The minimum atomic E-state index is -4.04. The zero-order valence-electron chi connectivity index (χ0n) is 11.4. The largest absolute Gasteiger partial charge is 0.351 e. The van der Waals surface area contributed by atoms with Crippen LogP contribution in [0.2, 0.25) is 0 Å². The van der Waals surface area contributed by atoms with Crippen LogP contribution in [-0.4, -0.2) is 20.9 Å². The number of benzene rings is 1. The SMILES string of the molecule is CCC1(CNC(=O)c2cc(S(N)(=O)=O)c(Br)cc2F)CC1. The predicted octanol–water partition coefficient (Wildman–Crippen LogP) is 2.16. The predicted molar refractivity (Wildman–Crippen MR) is 79.8 cm³/mol. The first-order valence-corrected chi connectivity index (χ1v) is 8.82. The lowest BCUT2D eigenvalue weighted by Crippen LogP contribution is -2.31. The molecule has 3 N–H and O–H groups in total. The Kier molecular flexibility index (Phi) is 4.41. The van der Waals surface area contributed by atoms with Gasteiger partial charge in [0.15, 0.2) is 0 Å². The number of sulfonamides is 1. The highest BCUT2D eigenvalue weighted by atomic mass is 79.9. The summed E-state index contributed by atoms with van der Waals surface area (Å²) in [6.45, 7) is 2.50. The fraction of sp³-hybridized carbons (Fsp3) is 0.462. The highest BCUT2D eigenvalue weighted by molar-refractivity contribution is 9.10. The topological polar surface area (TPSA) is 89.3 Å². The number of carbonyl (C=O) groups excluding carboxylic acids is 1. The first-order chi connectivity index (χ1) is 9.68. The van der Waals surface area contributed by atoms with Gasteiger partial charge >= 0.3 is 0 Å². The van der Waals surface area contributed by atoms with Gasteiger partial charge in [0.1, 0.15) is 5.82 Å². The Hall–Kier alpha value is -0.990. The molecule has 0 bridgehead atoms. The molecule has 0 spiro atoms. The molecule has 1 amide bonds. The average molecular weight is 379 g/mol. The van der Waals surface area contributed by atoms with Gasteiger partial charge in [-0.2, -0.15) is 0 Å². The quantitative estimate of drug-likeness (QED) is 0.822. The number of primary sulfonamides is 1. The van der Waals surface area contributed by atoms with Crippen LogP contribution >= 0.6 is 15.9 Å². The van der Waals surface area contributed by atoms with Gasteiger partial charge in [-0.1, -0.05) is 6.92 Å².